The minimum absolute atomic E-state index is 0.114. The quantitative estimate of drug-likeness (QED) is 0.806. The third kappa shape index (κ3) is 4.21. The Hall–Kier alpha value is -1.58. The first-order valence-corrected chi connectivity index (χ1v) is 8.65. The molecule has 1 aromatic heterocycles. The Morgan fingerprint density at radius 2 is 1.86 bits per heavy atom. The molecule has 1 aliphatic rings. The van der Waals surface area contributed by atoms with E-state index in [1.807, 2.05) is 17.2 Å². The van der Waals surface area contributed by atoms with Gasteiger partial charge in [0.2, 0.25) is 0 Å². The molecule has 0 saturated carbocycles. The van der Waals surface area contributed by atoms with Crippen LogP contribution in [0.3, 0.4) is 0 Å². The molecule has 0 N–H and O–H groups in total. The van der Waals surface area contributed by atoms with E-state index in [2.05, 4.69) is 30.7 Å². The molecule has 0 aliphatic carbocycles. The van der Waals surface area contributed by atoms with Gasteiger partial charge in [0, 0.05) is 32.4 Å². The fourth-order valence-electron chi connectivity index (χ4n) is 3.02. The number of hydrogen-bond donors (Lipinski definition) is 0. The standard InChI is InChI=1S/C18H29N3O/c1-4-8-21(9-5-2)18(22)16-12-17(14-19-13-16)20-10-6-15(3)7-11-20/h12-15H,4-11H2,1-3H3. The van der Waals surface area contributed by atoms with Crippen LogP contribution in [0.5, 0.6) is 0 Å². The van der Waals surface area contributed by atoms with Crippen LogP contribution in [0.4, 0.5) is 5.69 Å². The van der Waals surface area contributed by atoms with Gasteiger partial charge in [-0.15, -0.1) is 0 Å². The van der Waals surface area contributed by atoms with Crippen molar-refractivity contribution in [3.8, 4) is 0 Å². The fourth-order valence-corrected chi connectivity index (χ4v) is 3.02. The smallest absolute Gasteiger partial charge is 0.255 e. The number of hydrogen-bond acceptors (Lipinski definition) is 3. The zero-order valence-corrected chi connectivity index (χ0v) is 14.2. The fraction of sp³-hybridized carbons (Fsp3) is 0.667. The number of aromatic nitrogens is 1. The topological polar surface area (TPSA) is 36.4 Å². The Bertz CT molecular complexity index is 475. The highest BCUT2D eigenvalue weighted by atomic mass is 16.2. The van der Waals surface area contributed by atoms with Gasteiger partial charge in [-0.25, -0.2) is 0 Å². The minimum Gasteiger partial charge on any atom is -0.370 e. The first-order valence-electron chi connectivity index (χ1n) is 8.65. The van der Waals surface area contributed by atoms with Crippen LogP contribution in [0.2, 0.25) is 0 Å². The lowest BCUT2D eigenvalue weighted by Crippen LogP contribution is -2.34. The molecule has 0 atom stereocenters. The molecule has 4 heteroatoms. The van der Waals surface area contributed by atoms with Crippen molar-refractivity contribution in [3.63, 3.8) is 0 Å². The number of amides is 1. The molecular formula is C18H29N3O. The molecule has 4 nitrogen and oxygen atoms in total. The van der Waals surface area contributed by atoms with Crippen LogP contribution < -0.4 is 4.90 Å². The molecule has 2 heterocycles. The van der Waals surface area contributed by atoms with Gasteiger partial charge < -0.3 is 9.80 Å². The monoisotopic (exact) mass is 303 g/mol. The Balaban J connectivity index is 2.11. The number of rotatable bonds is 6. The van der Waals surface area contributed by atoms with E-state index in [1.54, 1.807) is 6.20 Å². The average Bonchev–Trinajstić information content (AvgIpc) is 2.55. The summed E-state index contributed by atoms with van der Waals surface area (Å²) in [6.45, 7) is 10.3. The minimum atomic E-state index is 0.114. The van der Waals surface area contributed by atoms with E-state index in [0.29, 0.717) is 0 Å². The molecule has 1 aliphatic heterocycles. The van der Waals surface area contributed by atoms with Crippen molar-refractivity contribution in [2.75, 3.05) is 31.1 Å². The highest BCUT2D eigenvalue weighted by Crippen LogP contribution is 2.23. The summed E-state index contributed by atoms with van der Waals surface area (Å²) in [5.74, 6) is 0.919. The third-order valence-corrected chi connectivity index (χ3v) is 4.39. The predicted molar refractivity (Wildman–Crippen MR) is 91.3 cm³/mol. The van der Waals surface area contributed by atoms with E-state index < -0.39 is 0 Å². The van der Waals surface area contributed by atoms with Crippen molar-refractivity contribution in [1.29, 1.82) is 0 Å². The summed E-state index contributed by atoms with van der Waals surface area (Å²) in [5, 5.41) is 0. The number of nitrogens with zero attached hydrogens (tertiary/aromatic N) is 3. The number of piperidine rings is 1. The van der Waals surface area contributed by atoms with Crippen molar-refractivity contribution in [3.05, 3.63) is 24.0 Å². The first-order chi connectivity index (χ1) is 10.7. The van der Waals surface area contributed by atoms with Gasteiger partial charge in [-0.2, -0.15) is 0 Å². The normalized spacial score (nSPS) is 15.9. The maximum Gasteiger partial charge on any atom is 0.255 e. The zero-order valence-electron chi connectivity index (χ0n) is 14.2. The molecule has 0 bridgehead atoms. The van der Waals surface area contributed by atoms with Crippen molar-refractivity contribution in [2.24, 2.45) is 5.92 Å². The Morgan fingerprint density at radius 1 is 1.23 bits per heavy atom. The van der Waals surface area contributed by atoms with Crippen LogP contribution in [0.25, 0.3) is 0 Å². The number of carbonyl (C=O) groups excluding carboxylic acids is 1. The van der Waals surface area contributed by atoms with E-state index >= 15 is 0 Å². The molecule has 0 spiro atoms. The Morgan fingerprint density at radius 3 is 2.45 bits per heavy atom. The highest BCUT2D eigenvalue weighted by Gasteiger charge is 2.19. The summed E-state index contributed by atoms with van der Waals surface area (Å²) in [4.78, 5) is 21.3. The van der Waals surface area contributed by atoms with Crippen LogP contribution >= 0.6 is 0 Å². The van der Waals surface area contributed by atoms with Crippen LogP contribution in [-0.4, -0.2) is 42.0 Å². The van der Waals surface area contributed by atoms with Crippen molar-refractivity contribution in [1.82, 2.24) is 9.88 Å². The van der Waals surface area contributed by atoms with Gasteiger partial charge in [-0.05, 0) is 37.7 Å². The third-order valence-electron chi connectivity index (χ3n) is 4.39. The van der Waals surface area contributed by atoms with Gasteiger partial charge in [-0.3, -0.25) is 9.78 Å². The van der Waals surface area contributed by atoms with Crippen LogP contribution in [0, 0.1) is 5.92 Å². The average molecular weight is 303 g/mol. The second kappa shape index (κ2) is 8.16. The largest absolute Gasteiger partial charge is 0.370 e. The molecule has 1 amide bonds. The molecule has 1 saturated heterocycles. The van der Waals surface area contributed by atoms with Gasteiger partial charge in [0.1, 0.15) is 0 Å². The molecule has 1 fully saturated rings. The van der Waals surface area contributed by atoms with E-state index in [1.165, 1.54) is 12.8 Å². The van der Waals surface area contributed by atoms with Gasteiger partial charge in [0.05, 0.1) is 17.4 Å². The lowest BCUT2D eigenvalue weighted by molar-refractivity contribution is 0.0755. The number of pyridine rings is 1. The lowest BCUT2D eigenvalue weighted by atomic mass is 9.99. The summed E-state index contributed by atoms with van der Waals surface area (Å²) in [6.07, 6.45) is 8.01. The summed E-state index contributed by atoms with van der Waals surface area (Å²) in [7, 11) is 0. The van der Waals surface area contributed by atoms with E-state index in [0.717, 1.165) is 56.2 Å². The molecular weight excluding hydrogens is 274 g/mol. The second-order valence-corrected chi connectivity index (χ2v) is 6.39. The van der Waals surface area contributed by atoms with E-state index in [9.17, 15) is 4.79 Å². The maximum absolute atomic E-state index is 12.7. The van der Waals surface area contributed by atoms with Crippen LogP contribution in [-0.2, 0) is 0 Å². The zero-order chi connectivity index (χ0) is 15.9. The molecule has 0 aromatic carbocycles. The van der Waals surface area contributed by atoms with Crippen molar-refractivity contribution < 1.29 is 4.79 Å². The molecule has 22 heavy (non-hydrogen) atoms. The number of anilines is 1. The van der Waals surface area contributed by atoms with Gasteiger partial charge in [0.15, 0.2) is 0 Å². The Kier molecular flexibility index (Phi) is 6.22. The highest BCUT2D eigenvalue weighted by molar-refractivity contribution is 5.94. The van der Waals surface area contributed by atoms with Crippen LogP contribution in [0.15, 0.2) is 18.5 Å². The maximum atomic E-state index is 12.7. The summed E-state index contributed by atoms with van der Waals surface area (Å²) in [6, 6.07) is 2.02. The van der Waals surface area contributed by atoms with Crippen molar-refractivity contribution in [2.45, 2.75) is 46.5 Å². The van der Waals surface area contributed by atoms with E-state index in [4.69, 9.17) is 0 Å². The van der Waals surface area contributed by atoms with Gasteiger partial charge in [-0.1, -0.05) is 20.8 Å². The second-order valence-electron chi connectivity index (χ2n) is 6.39. The summed E-state index contributed by atoms with van der Waals surface area (Å²) < 4.78 is 0. The molecule has 122 valence electrons. The SMILES string of the molecule is CCCN(CCC)C(=O)c1cncc(N2CCC(C)CC2)c1. The summed E-state index contributed by atoms with van der Waals surface area (Å²) >= 11 is 0. The molecule has 0 radical (unpaired) electrons. The number of carbonyl (C=O) groups is 1. The Labute approximate surface area is 134 Å². The summed E-state index contributed by atoms with van der Waals surface area (Å²) in [5.41, 5.74) is 1.81. The predicted octanol–water partition coefficient (Wildman–Crippen LogP) is 3.58. The van der Waals surface area contributed by atoms with Gasteiger partial charge >= 0.3 is 0 Å². The van der Waals surface area contributed by atoms with Crippen LogP contribution in [0.1, 0.15) is 56.8 Å². The molecule has 0 unspecified atom stereocenters. The molecule has 2 rings (SSSR count). The van der Waals surface area contributed by atoms with Gasteiger partial charge in [0.25, 0.3) is 5.91 Å². The molecule has 1 aromatic rings. The van der Waals surface area contributed by atoms with Crippen molar-refractivity contribution >= 4 is 11.6 Å². The van der Waals surface area contributed by atoms with E-state index in [-0.39, 0.29) is 5.91 Å². The lowest BCUT2D eigenvalue weighted by Gasteiger charge is -2.32. The first kappa shape index (κ1) is 16.8.